The second kappa shape index (κ2) is 14.1. The molecule has 0 aliphatic heterocycles. The van der Waals surface area contributed by atoms with Crippen molar-refractivity contribution >= 4 is 5.57 Å². The van der Waals surface area contributed by atoms with Crippen LogP contribution in [0.15, 0.2) is 54.6 Å². The molecule has 0 amide bonds. The van der Waals surface area contributed by atoms with E-state index >= 15 is 0 Å². The minimum absolute atomic E-state index is 0.780. The minimum Gasteiger partial charge on any atom is -0.0804 e. The van der Waals surface area contributed by atoms with Crippen LogP contribution in [0.3, 0.4) is 0 Å². The largest absolute Gasteiger partial charge is 0.0804 e. The molecule has 0 spiro atoms. The highest BCUT2D eigenvalue weighted by Crippen LogP contribution is 2.38. The van der Waals surface area contributed by atoms with Crippen molar-refractivity contribution in [1.29, 1.82) is 0 Å². The number of benzene rings is 2. The fourth-order valence-electron chi connectivity index (χ4n) is 6.53. The summed E-state index contributed by atoms with van der Waals surface area (Å²) in [4.78, 5) is 0. The van der Waals surface area contributed by atoms with Crippen LogP contribution in [0.1, 0.15) is 134 Å². The SMILES string of the molecule is CCCCCCCCCC1CC=C(c2ccc(-c3ccc([C@H]4CC[C@H](CC)CC4)cc3)cc2)CC1. The molecule has 2 aliphatic carbocycles. The Morgan fingerprint density at radius 1 is 0.600 bits per heavy atom. The van der Waals surface area contributed by atoms with Crippen LogP contribution < -0.4 is 0 Å². The highest BCUT2D eigenvalue weighted by molar-refractivity contribution is 5.71. The van der Waals surface area contributed by atoms with Gasteiger partial charge in [0.2, 0.25) is 0 Å². The second-order valence-electron chi connectivity index (χ2n) is 11.6. The number of allylic oxidation sites excluding steroid dienone is 2. The smallest absolute Gasteiger partial charge is 0.0162 e. The molecule has 2 aromatic carbocycles. The molecule has 0 bridgehead atoms. The molecule has 0 heterocycles. The lowest BCUT2D eigenvalue weighted by atomic mass is 9.77. The lowest BCUT2D eigenvalue weighted by molar-refractivity contribution is 0.319. The summed E-state index contributed by atoms with van der Waals surface area (Å²) in [6.45, 7) is 4.65. The van der Waals surface area contributed by atoms with Crippen molar-refractivity contribution in [2.24, 2.45) is 11.8 Å². The fourth-order valence-corrected chi connectivity index (χ4v) is 6.53. The summed E-state index contributed by atoms with van der Waals surface area (Å²) in [6, 6.07) is 18.9. The van der Waals surface area contributed by atoms with Crippen molar-refractivity contribution < 1.29 is 0 Å². The van der Waals surface area contributed by atoms with E-state index in [9.17, 15) is 0 Å². The zero-order valence-corrected chi connectivity index (χ0v) is 22.7. The van der Waals surface area contributed by atoms with Crippen LogP contribution in [-0.4, -0.2) is 0 Å². The van der Waals surface area contributed by atoms with Crippen molar-refractivity contribution in [2.75, 3.05) is 0 Å². The van der Waals surface area contributed by atoms with Gasteiger partial charge in [-0.3, -0.25) is 0 Å². The van der Waals surface area contributed by atoms with Gasteiger partial charge in [0.05, 0.1) is 0 Å². The van der Waals surface area contributed by atoms with E-state index in [-0.39, 0.29) is 0 Å². The molecular weight excluding hydrogens is 420 g/mol. The van der Waals surface area contributed by atoms with E-state index in [1.54, 1.807) is 11.1 Å². The third-order valence-corrected chi connectivity index (χ3v) is 9.13. The molecule has 0 heteroatoms. The molecule has 35 heavy (non-hydrogen) atoms. The van der Waals surface area contributed by atoms with Gasteiger partial charge < -0.3 is 0 Å². The molecule has 1 fully saturated rings. The first-order valence-corrected chi connectivity index (χ1v) is 15.2. The van der Waals surface area contributed by atoms with Crippen LogP contribution in [0.25, 0.3) is 16.7 Å². The van der Waals surface area contributed by atoms with Gasteiger partial charge in [0.25, 0.3) is 0 Å². The summed E-state index contributed by atoms with van der Waals surface area (Å²) in [5.74, 6) is 2.67. The van der Waals surface area contributed by atoms with E-state index < -0.39 is 0 Å². The van der Waals surface area contributed by atoms with Crippen molar-refractivity contribution in [2.45, 2.75) is 122 Å². The van der Waals surface area contributed by atoms with E-state index in [1.807, 2.05) is 0 Å². The lowest BCUT2D eigenvalue weighted by Gasteiger charge is -2.28. The van der Waals surface area contributed by atoms with E-state index in [1.165, 1.54) is 119 Å². The van der Waals surface area contributed by atoms with Crippen molar-refractivity contribution in [3.05, 3.63) is 65.7 Å². The summed E-state index contributed by atoms with van der Waals surface area (Å²) in [6.07, 6.45) is 24.8. The van der Waals surface area contributed by atoms with E-state index in [0.29, 0.717) is 0 Å². The highest BCUT2D eigenvalue weighted by Gasteiger charge is 2.21. The Hall–Kier alpha value is -1.82. The summed E-state index contributed by atoms with van der Waals surface area (Å²) >= 11 is 0. The molecule has 1 unspecified atom stereocenters. The quantitative estimate of drug-likeness (QED) is 0.270. The predicted octanol–water partition coefficient (Wildman–Crippen LogP) is 11.4. The normalized spacial score (nSPS) is 22.7. The molecule has 0 saturated heterocycles. The van der Waals surface area contributed by atoms with Gasteiger partial charge >= 0.3 is 0 Å². The third kappa shape index (κ3) is 7.83. The average Bonchev–Trinajstić information content (AvgIpc) is 2.93. The van der Waals surface area contributed by atoms with Gasteiger partial charge in [0, 0.05) is 0 Å². The van der Waals surface area contributed by atoms with E-state index in [0.717, 1.165) is 17.8 Å². The van der Waals surface area contributed by atoms with E-state index in [4.69, 9.17) is 0 Å². The lowest BCUT2D eigenvalue weighted by Crippen LogP contribution is -2.12. The third-order valence-electron chi connectivity index (χ3n) is 9.13. The van der Waals surface area contributed by atoms with Crippen LogP contribution in [0.2, 0.25) is 0 Å². The second-order valence-corrected chi connectivity index (χ2v) is 11.6. The van der Waals surface area contributed by atoms with Gasteiger partial charge in [-0.2, -0.15) is 0 Å². The van der Waals surface area contributed by atoms with Crippen molar-refractivity contribution in [3.63, 3.8) is 0 Å². The number of rotatable bonds is 12. The van der Waals surface area contributed by atoms with Gasteiger partial charge in [-0.15, -0.1) is 0 Å². The number of hydrogen-bond acceptors (Lipinski definition) is 0. The summed E-state index contributed by atoms with van der Waals surface area (Å²) in [7, 11) is 0. The summed E-state index contributed by atoms with van der Waals surface area (Å²) in [5.41, 5.74) is 7.27. The molecule has 1 atom stereocenters. The Balaban J connectivity index is 1.23. The summed E-state index contributed by atoms with van der Waals surface area (Å²) < 4.78 is 0. The van der Waals surface area contributed by atoms with Crippen molar-refractivity contribution in [1.82, 2.24) is 0 Å². The fraction of sp³-hybridized carbons (Fsp3) is 0.600. The first-order valence-electron chi connectivity index (χ1n) is 15.2. The van der Waals surface area contributed by atoms with Crippen LogP contribution >= 0.6 is 0 Å². The average molecular weight is 471 g/mol. The maximum Gasteiger partial charge on any atom is -0.0162 e. The number of unbranched alkanes of at least 4 members (excludes halogenated alkanes) is 6. The molecule has 2 aliphatic rings. The molecule has 4 rings (SSSR count). The zero-order chi connectivity index (χ0) is 24.3. The first kappa shape index (κ1) is 26.2. The van der Waals surface area contributed by atoms with Gasteiger partial charge in [-0.05, 0) is 90.5 Å². The molecule has 0 radical (unpaired) electrons. The molecule has 2 aromatic rings. The van der Waals surface area contributed by atoms with Crippen LogP contribution in [0.5, 0.6) is 0 Å². The van der Waals surface area contributed by atoms with Crippen molar-refractivity contribution in [3.8, 4) is 11.1 Å². The highest BCUT2D eigenvalue weighted by atomic mass is 14.3. The summed E-state index contributed by atoms with van der Waals surface area (Å²) in [5, 5.41) is 0. The predicted molar refractivity (Wildman–Crippen MR) is 155 cm³/mol. The Bertz CT molecular complexity index is 877. The van der Waals surface area contributed by atoms with Gasteiger partial charge in [0.15, 0.2) is 0 Å². The molecule has 190 valence electrons. The molecule has 1 saturated carbocycles. The topological polar surface area (TPSA) is 0 Å². The molecule has 0 aromatic heterocycles. The monoisotopic (exact) mass is 470 g/mol. The van der Waals surface area contributed by atoms with Gasteiger partial charge in [-0.1, -0.05) is 126 Å². The van der Waals surface area contributed by atoms with Crippen LogP contribution in [-0.2, 0) is 0 Å². The maximum atomic E-state index is 2.55. The van der Waals surface area contributed by atoms with Crippen LogP contribution in [0, 0.1) is 11.8 Å². The Kier molecular flexibility index (Phi) is 10.5. The number of hydrogen-bond donors (Lipinski definition) is 0. The van der Waals surface area contributed by atoms with E-state index in [2.05, 4.69) is 68.5 Å². The first-order chi connectivity index (χ1) is 17.3. The Morgan fingerprint density at radius 2 is 1.20 bits per heavy atom. The van der Waals surface area contributed by atoms with Gasteiger partial charge in [0.1, 0.15) is 0 Å². The molecule has 0 nitrogen and oxygen atoms in total. The molecular formula is C35H50. The van der Waals surface area contributed by atoms with Crippen LogP contribution in [0.4, 0.5) is 0 Å². The molecule has 0 N–H and O–H groups in total. The minimum atomic E-state index is 0.780. The standard InChI is InChI=1S/C35H50/c1-3-5-6-7-8-9-10-11-29-14-18-31(19-15-29)33-22-26-35(27-23-33)34-24-20-32(21-25-34)30-16-12-28(4-2)13-17-30/h18,20-30H,3-17,19H2,1-2H3/t28-,29?,30-. The van der Waals surface area contributed by atoms with Gasteiger partial charge in [-0.25, -0.2) is 0 Å². The zero-order valence-electron chi connectivity index (χ0n) is 22.7. The Morgan fingerprint density at radius 3 is 1.80 bits per heavy atom. The maximum absolute atomic E-state index is 2.55. The Labute approximate surface area is 216 Å².